The number of fused-ring (bicyclic) bond motifs is 10. The van der Waals surface area contributed by atoms with Crippen LogP contribution in [0.25, 0.3) is 122 Å². The van der Waals surface area contributed by atoms with Crippen molar-refractivity contribution in [3.05, 3.63) is 276 Å². The maximum Gasteiger partial charge on any atom is 0.164 e. The molecule has 0 radical (unpaired) electrons. The van der Waals surface area contributed by atoms with Crippen molar-refractivity contribution < 1.29 is 0 Å². The Bertz CT molecular complexity index is 4980. The van der Waals surface area contributed by atoms with Crippen molar-refractivity contribution in [2.24, 2.45) is 11.3 Å². The molecule has 82 heavy (non-hydrogen) atoms. The van der Waals surface area contributed by atoms with Gasteiger partial charge in [-0.1, -0.05) is 213 Å². The summed E-state index contributed by atoms with van der Waals surface area (Å²) in [5.74, 6) is 2.14. The summed E-state index contributed by atoms with van der Waals surface area (Å²) in [5.41, 5.74) is 19.3. The third kappa shape index (κ3) is 7.37. The molecule has 0 amide bonds. The third-order valence-corrected chi connectivity index (χ3v) is 17.8. The van der Waals surface area contributed by atoms with E-state index in [1.165, 1.54) is 82.4 Å². The van der Waals surface area contributed by atoms with Gasteiger partial charge in [-0.15, -0.1) is 0 Å². The van der Waals surface area contributed by atoms with E-state index in [1.807, 2.05) is 36.4 Å². The van der Waals surface area contributed by atoms with Gasteiger partial charge in [0.05, 0.1) is 16.7 Å². The Morgan fingerprint density at radius 1 is 0.537 bits per heavy atom. The van der Waals surface area contributed by atoms with Crippen LogP contribution in [0.3, 0.4) is 0 Å². The van der Waals surface area contributed by atoms with Crippen LogP contribution in [0.4, 0.5) is 5.69 Å². The molecule has 0 fully saturated rings. The Balaban J connectivity index is 0.901. The van der Waals surface area contributed by atoms with Gasteiger partial charge in [0.25, 0.3) is 0 Å². The molecule has 0 saturated heterocycles. The molecule has 10 aromatic carbocycles. The highest BCUT2D eigenvalue weighted by molar-refractivity contribution is 6.16. The second kappa shape index (κ2) is 18.7. The van der Waals surface area contributed by atoms with E-state index < -0.39 is 5.41 Å². The Morgan fingerprint density at radius 2 is 1.18 bits per heavy atom. The average molecular weight is 1050 g/mol. The predicted molar refractivity (Wildman–Crippen MR) is 341 cm³/mol. The minimum absolute atomic E-state index is 0.105. The number of para-hydroxylation sites is 3. The van der Waals surface area contributed by atoms with E-state index in [0.717, 1.165) is 61.5 Å². The molecule has 13 aromatic rings. The second-order valence-electron chi connectivity index (χ2n) is 22.7. The van der Waals surface area contributed by atoms with Crippen molar-refractivity contribution >= 4 is 77.4 Å². The molecule has 3 heterocycles. The molecule has 0 spiro atoms. The number of benzene rings is 10. The predicted octanol–water partition coefficient (Wildman–Crippen LogP) is 17.4. The van der Waals surface area contributed by atoms with Crippen molar-refractivity contribution in [2.45, 2.75) is 33.1 Å². The molecule has 390 valence electrons. The van der Waals surface area contributed by atoms with Gasteiger partial charge in [0, 0.05) is 88.2 Å². The highest BCUT2D eigenvalue weighted by Gasteiger charge is 2.43. The lowest BCUT2D eigenvalue weighted by atomic mass is 9.65. The smallest absolute Gasteiger partial charge is 0.164 e. The van der Waals surface area contributed by atoms with Gasteiger partial charge in [-0.3, -0.25) is 0 Å². The average Bonchev–Trinajstić information content (AvgIpc) is 2.00. The molecule has 2 N–H and O–H groups in total. The van der Waals surface area contributed by atoms with Crippen LogP contribution in [-0.4, -0.2) is 24.5 Å². The van der Waals surface area contributed by atoms with Crippen LogP contribution in [0.15, 0.2) is 243 Å². The first-order valence-electron chi connectivity index (χ1n) is 28.6. The lowest BCUT2D eigenvalue weighted by Gasteiger charge is -2.42. The van der Waals surface area contributed by atoms with Gasteiger partial charge in [0.2, 0.25) is 0 Å². The summed E-state index contributed by atoms with van der Waals surface area (Å²) in [6.07, 6.45) is 14.8. The van der Waals surface area contributed by atoms with Crippen molar-refractivity contribution in [1.29, 1.82) is 0 Å². The number of anilines is 1. The Labute approximate surface area is 475 Å². The molecule has 3 aliphatic rings. The van der Waals surface area contributed by atoms with E-state index in [2.05, 4.69) is 248 Å². The van der Waals surface area contributed by atoms with Crippen molar-refractivity contribution in [3.8, 4) is 50.7 Å². The van der Waals surface area contributed by atoms with E-state index in [9.17, 15) is 0 Å². The van der Waals surface area contributed by atoms with Crippen molar-refractivity contribution in [3.63, 3.8) is 0 Å². The van der Waals surface area contributed by atoms with Gasteiger partial charge in [0.15, 0.2) is 17.5 Å². The van der Waals surface area contributed by atoms with Crippen LogP contribution in [0.1, 0.15) is 48.7 Å². The molecule has 6 heteroatoms. The van der Waals surface area contributed by atoms with Crippen LogP contribution >= 0.6 is 0 Å². The van der Waals surface area contributed by atoms with Crippen LogP contribution in [0.5, 0.6) is 0 Å². The SMILES string of the molecule is Cc1cc2c3ccccc3n(-c3c4c(c(-c5ccc6[nH]c7ccccc7c6c5)c5ccccc35)C=CCC4C)c2cc1-c1ccccc1NC1=c2ccccc2=C(c2nc(-c3ccccc3)nc(-c3ccccc3)n2)C2C=CC=CC12C. The molecule has 3 aromatic heterocycles. The van der Waals surface area contributed by atoms with Crippen LogP contribution in [0.2, 0.25) is 0 Å². The van der Waals surface area contributed by atoms with E-state index >= 15 is 0 Å². The molecule has 0 aliphatic heterocycles. The third-order valence-electron chi connectivity index (χ3n) is 17.8. The number of hydrogen-bond donors (Lipinski definition) is 2. The number of H-pyrrole nitrogens is 1. The van der Waals surface area contributed by atoms with E-state index in [0.29, 0.717) is 17.5 Å². The highest BCUT2D eigenvalue weighted by atomic mass is 15.0. The van der Waals surface area contributed by atoms with Gasteiger partial charge < -0.3 is 14.9 Å². The zero-order valence-corrected chi connectivity index (χ0v) is 45.8. The number of aromatic nitrogens is 5. The van der Waals surface area contributed by atoms with Gasteiger partial charge in [0.1, 0.15) is 0 Å². The lowest BCUT2D eigenvalue weighted by Crippen LogP contribution is -2.47. The van der Waals surface area contributed by atoms with Gasteiger partial charge in [-0.05, 0) is 113 Å². The lowest BCUT2D eigenvalue weighted by molar-refractivity contribution is 0.474. The topological polar surface area (TPSA) is 71.4 Å². The molecule has 16 rings (SSSR count). The van der Waals surface area contributed by atoms with Gasteiger partial charge >= 0.3 is 0 Å². The summed E-state index contributed by atoms with van der Waals surface area (Å²) in [7, 11) is 0. The molecule has 3 atom stereocenters. The number of nitrogens with zero attached hydrogens (tertiary/aromatic N) is 4. The van der Waals surface area contributed by atoms with Crippen LogP contribution in [-0.2, 0) is 0 Å². The van der Waals surface area contributed by atoms with Crippen molar-refractivity contribution in [2.75, 3.05) is 5.32 Å². The van der Waals surface area contributed by atoms with Crippen LogP contribution < -0.4 is 15.8 Å². The zero-order valence-electron chi connectivity index (χ0n) is 45.8. The number of allylic oxidation sites excluding steroid dienone is 4. The quantitative estimate of drug-likeness (QED) is 0.159. The first-order chi connectivity index (χ1) is 40.4. The minimum Gasteiger partial charge on any atom is -0.357 e. The fourth-order valence-corrected chi connectivity index (χ4v) is 14.0. The largest absolute Gasteiger partial charge is 0.357 e. The normalized spacial score (nSPS) is 17.3. The second-order valence-corrected chi connectivity index (χ2v) is 22.7. The molecular weight excluding hydrogens is 997 g/mol. The van der Waals surface area contributed by atoms with Gasteiger partial charge in [-0.2, -0.15) is 0 Å². The maximum absolute atomic E-state index is 5.34. The highest BCUT2D eigenvalue weighted by Crippen LogP contribution is 2.51. The summed E-state index contributed by atoms with van der Waals surface area (Å²) < 4.78 is 2.61. The number of nitrogens with one attached hydrogen (secondary N) is 2. The Hall–Kier alpha value is -10.2. The standard InChI is InChI=1S/C76H56N6/c1-46-23-22-35-58-68(46)71(56-33-12-10-31-54(56)69(58)50-40-41-65-60(44-50)52-29-15-17-37-63(52)77-65)82-66-39-19-16-30-53(66)61-43-47(2)59(45-67(61)82)51-28-14-18-38-64(51)78-72-57-34-13-11-32-55(57)70(62-36-20-21-42-76(62,72)3)75-80-73(48-24-6-4-7-25-48)79-74(81-75)49-26-8-5-9-27-49/h4-22,24-46,62,77-78H,23H2,1-3H3. The molecular formula is C76H56N6. The fraction of sp³-hybridized carbons (Fsp3) is 0.0921. The molecule has 0 bridgehead atoms. The zero-order chi connectivity index (χ0) is 54.6. The van der Waals surface area contributed by atoms with Crippen molar-refractivity contribution in [1.82, 2.24) is 24.5 Å². The summed E-state index contributed by atoms with van der Waals surface area (Å²) in [4.78, 5) is 19.4. The molecule has 3 aliphatic carbocycles. The van der Waals surface area contributed by atoms with E-state index in [-0.39, 0.29) is 11.8 Å². The number of rotatable bonds is 8. The number of aryl methyl sites for hydroxylation is 1. The van der Waals surface area contributed by atoms with E-state index in [4.69, 9.17) is 15.0 Å². The summed E-state index contributed by atoms with van der Waals surface area (Å²) in [6.45, 7) is 7.05. The summed E-state index contributed by atoms with van der Waals surface area (Å²) in [6, 6.07) is 76.9. The molecule has 3 unspecified atom stereocenters. The molecule has 0 saturated carbocycles. The Kier molecular flexibility index (Phi) is 10.9. The summed E-state index contributed by atoms with van der Waals surface area (Å²) >= 11 is 0. The minimum atomic E-state index is -0.512. The monoisotopic (exact) mass is 1050 g/mol. The van der Waals surface area contributed by atoms with Crippen LogP contribution in [0, 0.1) is 18.3 Å². The Morgan fingerprint density at radius 3 is 1.98 bits per heavy atom. The number of hydrogen-bond acceptors (Lipinski definition) is 4. The summed E-state index contributed by atoms with van der Waals surface area (Å²) in [5, 5.41) is 13.9. The number of aromatic amines is 1. The van der Waals surface area contributed by atoms with E-state index in [1.54, 1.807) is 0 Å². The first kappa shape index (κ1) is 47.8. The maximum atomic E-state index is 5.34. The molecule has 6 nitrogen and oxygen atoms in total. The first-order valence-corrected chi connectivity index (χ1v) is 28.6. The fourth-order valence-electron chi connectivity index (χ4n) is 14.0. The van der Waals surface area contributed by atoms with Gasteiger partial charge in [-0.25, -0.2) is 15.0 Å².